The molecule has 3 N–H and O–H groups in total. The van der Waals surface area contributed by atoms with Gasteiger partial charge in [-0.15, -0.1) is 0 Å². The minimum absolute atomic E-state index is 0.175. The summed E-state index contributed by atoms with van der Waals surface area (Å²) in [6, 6.07) is 7.74. The molecule has 1 aliphatic carbocycles. The van der Waals surface area contributed by atoms with Crippen LogP contribution in [-0.4, -0.2) is 18.8 Å². The number of hydrogen-bond donors (Lipinski definition) is 2. The zero-order valence-corrected chi connectivity index (χ0v) is 12.6. The molecule has 0 aromatic heterocycles. The SMILES string of the molecule is CCC1CCCC(CN)(C(O)c2cccc(OC)c2)C1. The van der Waals surface area contributed by atoms with Crippen LogP contribution in [-0.2, 0) is 0 Å². The van der Waals surface area contributed by atoms with E-state index in [1.165, 1.54) is 12.8 Å². The number of hydrogen-bond acceptors (Lipinski definition) is 3. The smallest absolute Gasteiger partial charge is 0.119 e. The van der Waals surface area contributed by atoms with E-state index in [1.54, 1.807) is 7.11 Å². The molecule has 20 heavy (non-hydrogen) atoms. The van der Waals surface area contributed by atoms with Gasteiger partial charge in [0.2, 0.25) is 0 Å². The topological polar surface area (TPSA) is 55.5 Å². The zero-order chi connectivity index (χ0) is 14.6. The lowest BCUT2D eigenvalue weighted by molar-refractivity contribution is -0.0163. The van der Waals surface area contributed by atoms with E-state index in [9.17, 15) is 5.11 Å². The van der Waals surface area contributed by atoms with Crippen LogP contribution in [0.5, 0.6) is 5.75 Å². The lowest BCUT2D eigenvalue weighted by atomic mass is 9.64. The summed E-state index contributed by atoms with van der Waals surface area (Å²) >= 11 is 0. The van der Waals surface area contributed by atoms with Gasteiger partial charge in [0.25, 0.3) is 0 Å². The van der Waals surface area contributed by atoms with Crippen molar-refractivity contribution in [2.45, 2.75) is 45.1 Å². The molecule has 0 aliphatic heterocycles. The van der Waals surface area contributed by atoms with Gasteiger partial charge in [0, 0.05) is 12.0 Å². The first-order chi connectivity index (χ1) is 9.65. The largest absolute Gasteiger partial charge is 0.497 e. The van der Waals surface area contributed by atoms with Crippen molar-refractivity contribution in [2.75, 3.05) is 13.7 Å². The first kappa shape index (κ1) is 15.3. The van der Waals surface area contributed by atoms with Gasteiger partial charge < -0.3 is 15.6 Å². The van der Waals surface area contributed by atoms with Crippen molar-refractivity contribution in [2.24, 2.45) is 17.1 Å². The minimum atomic E-state index is -0.503. The maximum atomic E-state index is 10.9. The third-order valence-corrected chi connectivity index (χ3v) is 4.96. The van der Waals surface area contributed by atoms with Crippen LogP contribution in [0.4, 0.5) is 0 Å². The number of benzene rings is 1. The van der Waals surface area contributed by atoms with Crippen LogP contribution in [0.15, 0.2) is 24.3 Å². The predicted octanol–water partition coefficient (Wildman–Crippen LogP) is 3.27. The Bertz CT molecular complexity index is 435. The van der Waals surface area contributed by atoms with E-state index in [0.29, 0.717) is 12.5 Å². The summed E-state index contributed by atoms with van der Waals surface area (Å²) in [6.45, 7) is 2.77. The van der Waals surface area contributed by atoms with Gasteiger partial charge in [0.15, 0.2) is 0 Å². The number of methoxy groups -OCH3 is 1. The molecule has 1 aromatic rings. The minimum Gasteiger partial charge on any atom is -0.497 e. The van der Waals surface area contributed by atoms with Gasteiger partial charge in [-0.1, -0.05) is 38.3 Å². The van der Waals surface area contributed by atoms with Crippen molar-refractivity contribution in [1.29, 1.82) is 0 Å². The Hall–Kier alpha value is -1.06. The summed E-state index contributed by atoms with van der Waals surface area (Å²) in [5.41, 5.74) is 6.82. The first-order valence-corrected chi connectivity index (χ1v) is 7.67. The quantitative estimate of drug-likeness (QED) is 0.868. The van der Waals surface area contributed by atoms with Gasteiger partial charge >= 0.3 is 0 Å². The first-order valence-electron chi connectivity index (χ1n) is 7.67. The molecule has 1 aliphatic rings. The lowest BCUT2D eigenvalue weighted by Gasteiger charge is -2.43. The zero-order valence-electron chi connectivity index (χ0n) is 12.6. The van der Waals surface area contributed by atoms with Gasteiger partial charge in [-0.3, -0.25) is 0 Å². The van der Waals surface area contributed by atoms with Crippen LogP contribution in [0.3, 0.4) is 0 Å². The number of rotatable bonds is 5. The van der Waals surface area contributed by atoms with E-state index in [2.05, 4.69) is 6.92 Å². The third kappa shape index (κ3) is 2.99. The van der Waals surface area contributed by atoms with Gasteiger partial charge in [0.1, 0.15) is 5.75 Å². The second-order valence-corrected chi connectivity index (χ2v) is 6.12. The molecule has 3 heteroatoms. The van der Waals surface area contributed by atoms with E-state index >= 15 is 0 Å². The average Bonchev–Trinajstić information content (AvgIpc) is 2.54. The molecule has 0 heterocycles. The number of aliphatic hydroxyl groups is 1. The van der Waals surface area contributed by atoms with Gasteiger partial charge in [0.05, 0.1) is 13.2 Å². The molecule has 2 rings (SSSR count). The molecule has 0 amide bonds. The summed E-state index contributed by atoms with van der Waals surface area (Å²) < 4.78 is 5.26. The van der Waals surface area contributed by atoms with Crippen molar-refractivity contribution >= 4 is 0 Å². The summed E-state index contributed by atoms with van der Waals surface area (Å²) in [5.74, 6) is 1.48. The molecule has 1 aromatic carbocycles. The Labute approximate surface area is 122 Å². The maximum absolute atomic E-state index is 10.9. The fraction of sp³-hybridized carbons (Fsp3) is 0.647. The molecular weight excluding hydrogens is 250 g/mol. The molecule has 0 radical (unpaired) electrons. The van der Waals surface area contributed by atoms with E-state index in [-0.39, 0.29) is 5.41 Å². The monoisotopic (exact) mass is 277 g/mol. The van der Waals surface area contributed by atoms with Crippen LogP contribution >= 0.6 is 0 Å². The van der Waals surface area contributed by atoms with Gasteiger partial charge in [-0.25, -0.2) is 0 Å². The van der Waals surface area contributed by atoms with Crippen LogP contribution < -0.4 is 10.5 Å². The molecule has 0 bridgehead atoms. The average molecular weight is 277 g/mol. The lowest BCUT2D eigenvalue weighted by Crippen LogP contribution is -2.41. The second-order valence-electron chi connectivity index (χ2n) is 6.12. The Balaban J connectivity index is 2.25. The Kier molecular flexibility index (Phi) is 5.06. The summed E-state index contributed by atoms with van der Waals surface area (Å²) in [6.07, 6.45) is 5.14. The van der Waals surface area contributed by atoms with E-state index in [4.69, 9.17) is 10.5 Å². The number of nitrogens with two attached hydrogens (primary N) is 1. The summed E-state index contributed by atoms with van der Waals surface area (Å²) in [4.78, 5) is 0. The normalized spacial score (nSPS) is 28.1. The molecule has 112 valence electrons. The van der Waals surface area contributed by atoms with Crippen molar-refractivity contribution < 1.29 is 9.84 Å². The molecule has 3 nitrogen and oxygen atoms in total. The molecule has 0 spiro atoms. The van der Waals surface area contributed by atoms with Crippen molar-refractivity contribution in [1.82, 2.24) is 0 Å². The molecule has 3 atom stereocenters. The Morgan fingerprint density at radius 3 is 2.95 bits per heavy atom. The number of aliphatic hydroxyl groups excluding tert-OH is 1. The van der Waals surface area contributed by atoms with Crippen molar-refractivity contribution in [3.05, 3.63) is 29.8 Å². The van der Waals surface area contributed by atoms with Gasteiger partial charge in [-0.2, -0.15) is 0 Å². The summed E-state index contributed by atoms with van der Waals surface area (Å²) in [5, 5.41) is 10.9. The molecule has 0 saturated heterocycles. The van der Waals surface area contributed by atoms with E-state index in [1.807, 2.05) is 24.3 Å². The van der Waals surface area contributed by atoms with Crippen LogP contribution in [0.1, 0.15) is 50.7 Å². The van der Waals surface area contributed by atoms with Crippen molar-refractivity contribution in [3.8, 4) is 5.75 Å². The van der Waals surface area contributed by atoms with Crippen LogP contribution in [0.25, 0.3) is 0 Å². The maximum Gasteiger partial charge on any atom is 0.119 e. The Morgan fingerprint density at radius 2 is 2.30 bits per heavy atom. The third-order valence-electron chi connectivity index (χ3n) is 4.96. The second kappa shape index (κ2) is 6.59. The highest BCUT2D eigenvalue weighted by molar-refractivity contribution is 5.31. The standard InChI is InChI=1S/C17H27NO2/c1-3-13-6-5-9-17(11-13,12-18)16(19)14-7-4-8-15(10-14)20-2/h4,7-8,10,13,16,19H,3,5-6,9,11-12,18H2,1-2H3. The molecule has 1 saturated carbocycles. The molecule has 3 unspecified atom stereocenters. The molecular formula is C17H27NO2. The number of ether oxygens (including phenoxy) is 1. The molecule has 1 fully saturated rings. The van der Waals surface area contributed by atoms with Crippen LogP contribution in [0, 0.1) is 11.3 Å². The van der Waals surface area contributed by atoms with E-state index < -0.39 is 6.10 Å². The fourth-order valence-corrected chi connectivity index (χ4v) is 3.58. The van der Waals surface area contributed by atoms with Crippen LogP contribution in [0.2, 0.25) is 0 Å². The fourth-order valence-electron chi connectivity index (χ4n) is 3.58. The summed E-state index contributed by atoms with van der Waals surface area (Å²) in [7, 11) is 1.65. The van der Waals surface area contributed by atoms with Gasteiger partial charge in [-0.05, 0) is 36.5 Å². The Morgan fingerprint density at radius 1 is 1.50 bits per heavy atom. The highest BCUT2D eigenvalue weighted by atomic mass is 16.5. The van der Waals surface area contributed by atoms with Crippen molar-refractivity contribution in [3.63, 3.8) is 0 Å². The van der Waals surface area contributed by atoms with E-state index in [0.717, 1.165) is 30.6 Å². The predicted molar refractivity (Wildman–Crippen MR) is 81.7 cm³/mol. The highest BCUT2D eigenvalue weighted by Crippen LogP contribution is 2.48. The highest BCUT2D eigenvalue weighted by Gasteiger charge is 2.41.